The van der Waals surface area contributed by atoms with Gasteiger partial charge in [0.15, 0.2) is 0 Å². The molecular formula is C18H15ClN2O2. The van der Waals surface area contributed by atoms with Crippen molar-refractivity contribution in [1.82, 2.24) is 10.1 Å². The molecule has 4 nitrogen and oxygen atoms in total. The number of hydrogen-bond donors (Lipinski definition) is 0. The molecule has 0 saturated carbocycles. The van der Waals surface area contributed by atoms with Crippen LogP contribution in [0.1, 0.15) is 17.0 Å². The molecular weight excluding hydrogens is 312 g/mol. The lowest BCUT2D eigenvalue weighted by molar-refractivity contribution is 0.406. The van der Waals surface area contributed by atoms with Crippen molar-refractivity contribution in [3.05, 3.63) is 65.5 Å². The molecule has 3 rings (SSSR count). The standard InChI is InChI=1S/C18H15ClN2O2/c1-12-6-5-7-13(10-12)11-15(19)18-20-17(21-23-18)14-8-3-4-9-16(14)22-2/h3-11H,1-2H3/b15-11-. The van der Waals surface area contributed by atoms with Crippen molar-refractivity contribution in [3.8, 4) is 17.1 Å². The average molecular weight is 327 g/mol. The third-order valence-electron chi connectivity index (χ3n) is 3.31. The van der Waals surface area contributed by atoms with Gasteiger partial charge in [-0.25, -0.2) is 0 Å². The summed E-state index contributed by atoms with van der Waals surface area (Å²) in [7, 11) is 1.60. The highest BCUT2D eigenvalue weighted by molar-refractivity contribution is 6.50. The Labute approximate surface area is 139 Å². The van der Waals surface area contributed by atoms with Gasteiger partial charge in [-0.15, -0.1) is 0 Å². The summed E-state index contributed by atoms with van der Waals surface area (Å²) >= 11 is 6.30. The summed E-state index contributed by atoms with van der Waals surface area (Å²) in [5, 5.41) is 4.38. The van der Waals surface area contributed by atoms with Crippen LogP contribution in [0.5, 0.6) is 5.75 Å². The number of aromatic nitrogens is 2. The van der Waals surface area contributed by atoms with E-state index in [1.165, 1.54) is 0 Å². The number of rotatable bonds is 4. The topological polar surface area (TPSA) is 48.2 Å². The zero-order chi connectivity index (χ0) is 16.2. The van der Waals surface area contributed by atoms with Crippen molar-refractivity contribution in [3.63, 3.8) is 0 Å². The van der Waals surface area contributed by atoms with Crippen LogP contribution >= 0.6 is 11.6 Å². The summed E-state index contributed by atoms with van der Waals surface area (Å²) in [6.07, 6.45) is 1.80. The maximum absolute atomic E-state index is 6.30. The van der Waals surface area contributed by atoms with Crippen LogP contribution in [0.25, 0.3) is 22.5 Å². The first-order valence-electron chi connectivity index (χ1n) is 7.08. The largest absolute Gasteiger partial charge is 0.496 e. The zero-order valence-corrected chi connectivity index (χ0v) is 13.5. The molecule has 0 aliphatic rings. The van der Waals surface area contributed by atoms with Gasteiger partial charge >= 0.3 is 0 Å². The Kier molecular flexibility index (Phi) is 4.44. The lowest BCUT2D eigenvalue weighted by atomic mass is 10.1. The van der Waals surface area contributed by atoms with E-state index in [0.29, 0.717) is 16.6 Å². The summed E-state index contributed by atoms with van der Waals surface area (Å²) in [5.74, 6) is 1.39. The molecule has 5 heteroatoms. The second-order valence-electron chi connectivity index (χ2n) is 5.03. The molecule has 2 aromatic carbocycles. The molecule has 0 saturated heterocycles. The number of halogens is 1. The van der Waals surface area contributed by atoms with Crippen LogP contribution in [0.4, 0.5) is 0 Å². The van der Waals surface area contributed by atoms with Crippen LogP contribution in [-0.2, 0) is 0 Å². The second kappa shape index (κ2) is 6.67. The molecule has 0 radical (unpaired) electrons. The fourth-order valence-electron chi connectivity index (χ4n) is 2.23. The van der Waals surface area contributed by atoms with Gasteiger partial charge in [0.05, 0.1) is 12.7 Å². The molecule has 1 heterocycles. The van der Waals surface area contributed by atoms with Gasteiger partial charge in [-0.3, -0.25) is 0 Å². The molecule has 0 N–H and O–H groups in total. The van der Waals surface area contributed by atoms with Gasteiger partial charge in [-0.2, -0.15) is 4.98 Å². The normalized spacial score (nSPS) is 11.5. The third kappa shape index (κ3) is 3.43. The Hall–Kier alpha value is -2.59. The number of para-hydroxylation sites is 1. The van der Waals surface area contributed by atoms with Crippen LogP contribution in [0.15, 0.2) is 53.1 Å². The number of aryl methyl sites for hydroxylation is 1. The van der Waals surface area contributed by atoms with Crippen LogP contribution in [-0.4, -0.2) is 17.3 Å². The Balaban J connectivity index is 1.92. The summed E-state index contributed by atoms with van der Waals surface area (Å²) in [6, 6.07) is 15.5. The predicted octanol–water partition coefficient (Wildman–Crippen LogP) is 4.79. The quantitative estimate of drug-likeness (QED) is 0.691. The summed E-state index contributed by atoms with van der Waals surface area (Å²) in [5.41, 5.74) is 2.89. The molecule has 116 valence electrons. The van der Waals surface area contributed by atoms with E-state index >= 15 is 0 Å². The monoisotopic (exact) mass is 326 g/mol. The van der Waals surface area contributed by atoms with Gasteiger partial charge in [0, 0.05) is 0 Å². The first-order chi connectivity index (χ1) is 11.2. The maximum atomic E-state index is 6.30. The first-order valence-corrected chi connectivity index (χ1v) is 7.46. The van der Waals surface area contributed by atoms with E-state index in [0.717, 1.165) is 16.7 Å². The van der Waals surface area contributed by atoms with Gasteiger partial charge in [0.25, 0.3) is 5.89 Å². The maximum Gasteiger partial charge on any atom is 0.269 e. The predicted molar refractivity (Wildman–Crippen MR) is 91.2 cm³/mol. The fraction of sp³-hybridized carbons (Fsp3) is 0.111. The zero-order valence-electron chi connectivity index (χ0n) is 12.8. The van der Waals surface area contributed by atoms with Crippen molar-refractivity contribution in [2.75, 3.05) is 7.11 Å². The van der Waals surface area contributed by atoms with E-state index in [1.54, 1.807) is 13.2 Å². The minimum Gasteiger partial charge on any atom is -0.496 e. The molecule has 3 aromatic rings. The highest BCUT2D eigenvalue weighted by Gasteiger charge is 2.14. The van der Waals surface area contributed by atoms with E-state index in [1.807, 2.05) is 55.5 Å². The van der Waals surface area contributed by atoms with Crippen molar-refractivity contribution in [2.45, 2.75) is 6.92 Å². The van der Waals surface area contributed by atoms with E-state index in [-0.39, 0.29) is 5.89 Å². The molecule has 1 aromatic heterocycles. The molecule has 0 aliphatic heterocycles. The molecule has 23 heavy (non-hydrogen) atoms. The van der Waals surface area contributed by atoms with Crippen molar-refractivity contribution < 1.29 is 9.26 Å². The molecule has 0 atom stereocenters. The smallest absolute Gasteiger partial charge is 0.269 e. The Morgan fingerprint density at radius 3 is 2.78 bits per heavy atom. The van der Waals surface area contributed by atoms with E-state index in [4.69, 9.17) is 20.9 Å². The third-order valence-corrected chi connectivity index (χ3v) is 3.58. The molecule has 0 amide bonds. The van der Waals surface area contributed by atoms with Gasteiger partial charge < -0.3 is 9.26 Å². The van der Waals surface area contributed by atoms with Crippen LogP contribution in [0.2, 0.25) is 0 Å². The highest BCUT2D eigenvalue weighted by Crippen LogP contribution is 2.29. The van der Waals surface area contributed by atoms with Crippen molar-refractivity contribution >= 4 is 22.7 Å². The van der Waals surface area contributed by atoms with E-state index in [9.17, 15) is 0 Å². The number of hydrogen-bond acceptors (Lipinski definition) is 4. The van der Waals surface area contributed by atoms with Gasteiger partial charge in [-0.05, 0) is 30.7 Å². The van der Waals surface area contributed by atoms with Crippen molar-refractivity contribution in [1.29, 1.82) is 0 Å². The lowest BCUT2D eigenvalue weighted by Crippen LogP contribution is -1.88. The van der Waals surface area contributed by atoms with Gasteiger partial charge in [0.2, 0.25) is 5.82 Å². The number of benzene rings is 2. The average Bonchev–Trinajstić information content (AvgIpc) is 3.05. The molecule has 0 spiro atoms. The lowest BCUT2D eigenvalue weighted by Gasteiger charge is -2.02. The molecule has 0 fully saturated rings. The van der Waals surface area contributed by atoms with Gasteiger partial charge in [0.1, 0.15) is 10.8 Å². The first kappa shape index (κ1) is 15.3. The second-order valence-corrected chi connectivity index (χ2v) is 5.44. The Morgan fingerprint density at radius 2 is 2.00 bits per heavy atom. The van der Waals surface area contributed by atoms with Crippen molar-refractivity contribution in [2.24, 2.45) is 0 Å². The number of nitrogens with zero attached hydrogens (tertiary/aromatic N) is 2. The Morgan fingerprint density at radius 1 is 1.17 bits per heavy atom. The summed E-state index contributed by atoms with van der Waals surface area (Å²) < 4.78 is 10.6. The van der Waals surface area contributed by atoms with Crippen LogP contribution < -0.4 is 4.74 Å². The Bertz CT molecular complexity index is 855. The van der Waals surface area contributed by atoms with E-state index in [2.05, 4.69) is 10.1 Å². The molecule has 0 aliphatic carbocycles. The van der Waals surface area contributed by atoms with Gasteiger partial charge in [-0.1, -0.05) is 58.7 Å². The fourth-order valence-corrected chi connectivity index (χ4v) is 2.43. The number of ether oxygens (including phenoxy) is 1. The minimum atomic E-state index is 0.272. The van der Waals surface area contributed by atoms with E-state index < -0.39 is 0 Å². The van der Waals surface area contributed by atoms with Crippen LogP contribution in [0, 0.1) is 6.92 Å². The van der Waals surface area contributed by atoms with Crippen LogP contribution in [0.3, 0.4) is 0 Å². The summed E-state index contributed by atoms with van der Waals surface area (Å²) in [4.78, 5) is 4.35. The summed E-state index contributed by atoms with van der Waals surface area (Å²) in [6.45, 7) is 2.03. The molecule has 0 bridgehead atoms. The SMILES string of the molecule is COc1ccccc1-c1noc(/C(Cl)=C/c2cccc(C)c2)n1. The number of methoxy groups -OCH3 is 1. The minimum absolute atomic E-state index is 0.272. The highest BCUT2D eigenvalue weighted by atomic mass is 35.5. The molecule has 0 unspecified atom stereocenters.